The molecule has 0 bridgehead atoms. The number of nitrogens with one attached hydrogen (secondary N) is 3. The summed E-state index contributed by atoms with van der Waals surface area (Å²) in [6.45, 7) is 2.68. The summed E-state index contributed by atoms with van der Waals surface area (Å²) in [5, 5.41) is 12.7. The molecule has 2 atom stereocenters. The Hall–Kier alpha value is -4.00. The lowest BCUT2D eigenvalue weighted by molar-refractivity contribution is -0.133. The summed E-state index contributed by atoms with van der Waals surface area (Å²) in [7, 11) is 0. The highest BCUT2D eigenvalue weighted by molar-refractivity contribution is 5.98. The number of carbonyl (C=O) groups is 2. The van der Waals surface area contributed by atoms with Crippen molar-refractivity contribution < 1.29 is 9.59 Å². The molecule has 6 heteroatoms. The Morgan fingerprint density at radius 2 is 1.49 bits per heavy atom. The van der Waals surface area contributed by atoms with Crippen molar-refractivity contribution >= 4 is 22.6 Å². The van der Waals surface area contributed by atoms with E-state index in [2.05, 4.69) is 75.4 Å². The molecule has 1 heterocycles. The lowest BCUT2D eigenvalue weighted by atomic mass is 9.90. The van der Waals surface area contributed by atoms with Crippen molar-refractivity contribution in [2.45, 2.75) is 69.0 Å². The van der Waals surface area contributed by atoms with E-state index < -0.39 is 0 Å². The van der Waals surface area contributed by atoms with Crippen LogP contribution in [0.3, 0.4) is 0 Å². The molecule has 6 rings (SSSR count). The lowest BCUT2D eigenvalue weighted by Gasteiger charge is -2.29. The Bertz CT molecular complexity index is 1500. The SMILES string of the molecule is O=C(NC[C@@H]1CCN(CC(c2ccccc2)c2ccccc2)C(=O)[C@H](CCCNC2CCCC2)N1)c1ccc2ccccc2c1. The number of benzene rings is 4. The first-order valence-electron chi connectivity index (χ1n) is 16.8. The zero-order valence-electron chi connectivity index (χ0n) is 26.2. The summed E-state index contributed by atoms with van der Waals surface area (Å²) >= 11 is 0. The van der Waals surface area contributed by atoms with Crippen LogP contribution >= 0.6 is 0 Å². The van der Waals surface area contributed by atoms with Crippen molar-refractivity contribution in [2.75, 3.05) is 26.2 Å². The highest BCUT2D eigenvalue weighted by Crippen LogP contribution is 2.27. The van der Waals surface area contributed by atoms with Gasteiger partial charge in [0.2, 0.25) is 5.91 Å². The summed E-state index contributed by atoms with van der Waals surface area (Å²) in [6, 6.07) is 35.3. The first-order valence-corrected chi connectivity index (χ1v) is 16.8. The fourth-order valence-corrected chi connectivity index (χ4v) is 7.02. The molecule has 4 aromatic rings. The topological polar surface area (TPSA) is 73.5 Å². The third-order valence-electron chi connectivity index (χ3n) is 9.58. The van der Waals surface area contributed by atoms with Gasteiger partial charge in [-0.2, -0.15) is 0 Å². The number of rotatable bonds is 12. The maximum atomic E-state index is 14.2. The molecular weight excluding hydrogens is 556 g/mol. The highest BCUT2D eigenvalue weighted by Gasteiger charge is 2.32. The van der Waals surface area contributed by atoms with Crippen LogP contribution in [0, 0.1) is 0 Å². The molecule has 6 nitrogen and oxygen atoms in total. The van der Waals surface area contributed by atoms with Gasteiger partial charge in [-0.05, 0) is 72.7 Å². The number of carbonyl (C=O) groups excluding carboxylic acids is 2. The number of hydrogen-bond acceptors (Lipinski definition) is 4. The first kappa shape index (κ1) is 31.0. The third kappa shape index (κ3) is 8.19. The van der Waals surface area contributed by atoms with E-state index in [0.29, 0.717) is 31.2 Å². The summed E-state index contributed by atoms with van der Waals surface area (Å²) in [4.78, 5) is 29.4. The van der Waals surface area contributed by atoms with Crippen molar-refractivity contribution in [1.82, 2.24) is 20.9 Å². The molecule has 0 unspecified atom stereocenters. The van der Waals surface area contributed by atoms with E-state index >= 15 is 0 Å². The second-order valence-corrected chi connectivity index (χ2v) is 12.7. The van der Waals surface area contributed by atoms with Crippen LogP contribution < -0.4 is 16.0 Å². The molecule has 3 N–H and O–H groups in total. The van der Waals surface area contributed by atoms with E-state index in [9.17, 15) is 9.59 Å². The quantitative estimate of drug-likeness (QED) is 0.167. The maximum absolute atomic E-state index is 14.2. The van der Waals surface area contributed by atoms with Gasteiger partial charge < -0.3 is 20.9 Å². The van der Waals surface area contributed by atoms with Gasteiger partial charge in [0.25, 0.3) is 5.91 Å². The molecule has 234 valence electrons. The van der Waals surface area contributed by atoms with Crippen LogP contribution in [0.1, 0.15) is 72.3 Å². The molecule has 4 aromatic carbocycles. The summed E-state index contributed by atoms with van der Waals surface area (Å²) in [5.41, 5.74) is 3.08. The van der Waals surface area contributed by atoms with Crippen LogP contribution in [0.5, 0.6) is 0 Å². The third-order valence-corrected chi connectivity index (χ3v) is 9.58. The molecule has 0 spiro atoms. The molecule has 1 aliphatic heterocycles. The minimum absolute atomic E-state index is 0.00282. The molecule has 45 heavy (non-hydrogen) atoms. The average Bonchev–Trinajstić information content (AvgIpc) is 3.57. The first-order chi connectivity index (χ1) is 22.1. The Morgan fingerprint density at radius 3 is 2.20 bits per heavy atom. The molecule has 0 aromatic heterocycles. The monoisotopic (exact) mass is 602 g/mol. The van der Waals surface area contributed by atoms with Crippen molar-refractivity contribution in [2.24, 2.45) is 0 Å². The Balaban J connectivity index is 1.15. The second kappa shape index (κ2) is 15.3. The fourth-order valence-electron chi connectivity index (χ4n) is 7.02. The van der Waals surface area contributed by atoms with Gasteiger partial charge in [-0.1, -0.05) is 104 Å². The van der Waals surface area contributed by atoms with Gasteiger partial charge in [0.05, 0.1) is 6.04 Å². The van der Waals surface area contributed by atoms with Crippen molar-refractivity contribution in [3.63, 3.8) is 0 Å². The van der Waals surface area contributed by atoms with E-state index in [1.165, 1.54) is 36.8 Å². The van der Waals surface area contributed by atoms with E-state index in [4.69, 9.17) is 0 Å². The molecule has 0 radical (unpaired) electrons. The minimum atomic E-state index is -0.285. The molecule has 2 fully saturated rings. The highest BCUT2D eigenvalue weighted by atomic mass is 16.2. The normalized spacial score (nSPS) is 19.2. The van der Waals surface area contributed by atoms with Gasteiger partial charge in [0, 0.05) is 43.2 Å². The fraction of sp³-hybridized carbons (Fsp3) is 0.385. The molecule has 1 saturated heterocycles. The molecule has 1 aliphatic carbocycles. The van der Waals surface area contributed by atoms with Crippen LogP contribution in [0.4, 0.5) is 0 Å². The van der Waals surface area contributed by atoms with Crippen molar-refractivity contribution in [1.29, 1.82) is 0 Å². The van der Waals surface area contributed by atoms with E-state index in [1.807, 2.05) is 48.5 Å². The van der Waals surface area contributed by atoms with Gasteiger partial charge in [0.1, 0.15) is 0 Å². The molecular formula is C39H46N4O2. The predicted octanol–water partition coefficient (Wildman–Crippen LogP) is 6.27. The number of nitrogens with zero attached hydrogens (tertiary/aromatic N) is 1. The molecule has 2 amide bonds. The minimum Gasteiger partial charge on any atom is -0.350 e. The van der Waals surface area contributed by atoms with E-state index in [-0.39, 0.29) is 29.8 Å². The Labute approximate surface area is 267 Å². The zero-order chi connectivity index (χ0) is 30.8. The van der Waals surface area contributed by atoms with Crippen LogP contribution in [0.2, 0.25) is 0 Å². The largest absolute Gasteiger partial charge is 0.350 e. The van der Waals surface area contributed by atoms with E-state index in [1.54, 1.807) is 0 Å². The van der Waals surface area contributed by atoms with E-state index in [0.717, 1.165) is 36.6 Å². The van der Waals surface area contributed by atoms with Crippen molar-refractivity contribution in [3.05, 3.63) is 120 Å². The molecule has 2 aliphatic rings. The zero-order valence-corrected chi connectivity index (χ0v) is 26.2. The smallest absolute Gasteiger partial charge is 0.251 e. The number of fused-ring (bicyclic) bond motifs is 1. The van der Waals surface area contributed by atoms with Crippen LogP contribution in [-0.4, -0.2) is 61.0 Å². The summed E-state index contributed by atoms with van der Waals surface area (Å²) in [5.74, 6) is 0.168. The lowest BCUT2D eigenvalue weighted by Crippen LogP contribution is -2.49. The van der Waals surface area contributed by atoms with Gasteiger partial charge in [0.15, 0.2) is 0 Å². The van der Waals surface area contributed by atoms with Gasteiger partial charge in [-0.3, -0.25) is 9.59 Å². The number of amides is 2. The van der Waals surface area contributed by atoms with Gasteiger partial charge in [-0.15, -0.1) is 0 Å². The number of hydrogen-bond donors (Lipinski definition) is 3. The Morgan fingerprint density at radius 1 is 0.822 bits per heavy atom. The summed E-state index contributed by atoms with van der Waals surface area (Å²) < 4.78 is 0. The van der Waals surface area contributed by atoms with Crippen LogP contribution in [0.15, 0.2) is 103 Å². The molecule has 1 saturated carbocycles. The van der Waals surface area contributed by atoms with Crippen LogP contribution in [-0.2, 0) is 4.79 Å². The predicted molar refractivity (Wildman–Crippen MR) is 182 cm³/mol. The maximum Gasteiger partial charge on any atom is 0.251 e. The Kier molecular flexibility index (Phi) is 10.6. The average molecular weight is 603 g/mol. The van der Waals surface area contributed by atoms with Gasteiger partial charge >= 0.3 is 0 Å². The standard InChI is InChI=1S/C39H46N4O2/c44-38(33-22-21-29-12-7-8-17-32(29)26-33)41-27-35-23-25-43(39(45)37(42-35)20-11-24-40-34-18-9-10-19-34)28-36(30-13-3-1-4-14-30)31-15-5-2-6-16-31/h1-8,12-17,21-22,26,34-37,40,42H,9-11,18-20,23-25,27-28H2,(H,41,44)/t35-,37-/m0/s1. The van der Waals surface area contributed by atoms with Crippen LogP contribution in [0.25, 0.3) is 10.8 Å². The summed E-state index contributed by atoms with van der Waals surface area (Å²) in [6.07, 6.45) is 7.62. The van der Waals surface area contributed by atoms with Crippen molar-refractivity contribution in [3.8, 4) is 0 Å². The van der Waals surface area contributed by atoms with Gasteiger partial charge in [-0.25, -0.2) is 0 Å². The second-order valence-electron chi connectivity index (χ2n) is 12.7.